The van der Waals surface area contributed by atoms with E-state index in [-0.39, 0.29) is 11.8 Å². The number of carbonyl (C=O) groups excluding carboxylic acids is 1. The Morgan fingerprint density at radius 2 is 2.29 bits per heavy atom. The minimum absolute atomic E-state index is 0.209. The Kier molecular flexibility index (Phi) is 3.73. The molecule has 0 aliphatic carbocycles. The van der Waals surface area contributed by atoms with Crippen molar-refractivity contribution in [2.75, 3.05) is 19.3 Å². The van der Waals surface area contributed by atoms with E-state index in [1.807, 2.05) is 0 Å². The number of anilines is 1. The summed E-state index contributed by atoms with van der Waals surface area (Å²) in [6, 6.07) is 2.09. The summed E-state index contributed by atoms with van der Waals surface area (Å²) in [6.45, 7) is 3.89. The fourth-order valence-electron chi connectivity index (χ4n) is 1.64. The predicted molar refractivity (Wildman–Crippen MR) is 64.1 cm³/mol. The Labute approximate surface area is 101 Å². The number of hydrogen-bond donors (Lipinski definition) is 1. The van der Waals surface area contributed by atoms with Crippen molar-refractivity contribution < 1.29 is 4.79 Å². The first-order valence-electron chi connectivity index (χ1n) is 5.32. The number of nitrogens with two attached hydrogens (primary N) is 1. The van der Waals surface area contributed by atoms with E-state index in [1.54, 1.807) is 27.9 Å². The molecule has 0 bridgehead atoms. The Hall–Kier alpha value is -2.03. The first-order chi connectivity index (χ1) is 7.88. The SMILES string of the molecule is Cc1nn(C)c(C(=O)N(C)CC(C)C#N)c1N. The van der Waals surface area contributed by atoms with E-state index in [2.05, 4.69) is 11.2 Å². The van der Waals surface area contributed by atoms with E-state index in [0.717, 1.165) is 0 Å². The number of aryl methyl sites for hydroxylation is 2. The van der Waals surface area contributed by atoms with Gasteiger partial charge in [0.25, 0.3) is 5.91 Å². The monoisotopic (exact) mass is 235 g/mol. The molecule has 6 heteroatoms. The van der Waals surface area contributed by atoms with Gasteiger partial charge in [-0.3, -0.25) is 9.48 Å². The number of carbonyl (C=O) groups is 1. The van der Waals surface area contributed by atoms with Gasteiger partial charge in [-0.25, -0.2) is 0 Å². The van der Waals surface area contributed by atoms with Crippen molar-refractivity contribution in [3.8, 4) is 6.07 Å². The summed E-state index contributed by atoms with van der Waals surface area (Å²) in [7, 11) is 3.33. The van der Waals surface area contributed by atoms with Crippen LogP contribution in [0.3, 0.4) is 0 Å². The van der Waals surface area contributed by atoms with Crippen LogP contribution in [0.5, 0.6) is 0 Å². The van der Waals surface area contributed by atoms with Crippen LogP contribution in [0.4, 0.5) is 5.69 Å². The van der Waals surface area contributed by atoms with Crippen molar-refractivity contribution in [1.29, 1.82) is 5.26 Å². The molecule has 0 radical (unpaired) electrons. The molecule has 1 aromatic rings. The Morgan fingerprint density at radius 1 is 1.71 bits per heavy atom. The maximum absolute atomic E-state index is 12.1. The highest BCUT2D eigenvalue weighted by molar-refractivity contribution is 5.97. The van der Waals surface area contributed by atoms with Crippen molar-refractivity contribution in [3.05, 3.63) is 11.4 Å². The number of amides is 1. The van der Waals surface area contributed by atoms with Gasteiger partial charge in [0, 0.05) is 20.6 Å². The first-order valence-corrected chi connectivity index (χ1v) is 5.32. The number of rotatable bonds is 3. The van der Waals surface area contributed by atoms with Crippen LogP contribution in [0.15, 0.2) is 0 Å². The lowest BCUT2D eigenvalue weighted by molar-refractivity contribution is 0.0775. The van der Waals surface area contributed by atoms with Gasteiger partial charge >= 0.3 is 0 Å². The highest BCUT2D eigenvalue weighted by Gasteiger charge is 2.22. The molecule has 0 spiro atoms. The summed E-state index contributed by atoms with van der Waals surface area (Å²) in [6.07, 6.45) is 0. The number of aromatic nitrogens is 2. The molecule has 0 fully saturated rings. The second-order valence-electron chi connectivity index (χ2n) is 4.19. The minimum atomic E-state index is -0.215. The molecule has 0 aliphatic heterocycles. The molecule has 2 N–H and O–H groups in total. The topological polar surface area (TPSA) is 87.9 Å². The van der Waals surface area contributed by atoms with E-state index in [4.69, 9.17) is 11.0 Å². The summed E-state index contributed by atoms with van der Waals surface area (Å²) in [4.78, 5) is 13.6. The molecule has 17 heavy (non-hydrogen) atoms. The van der Waals surface area contributed by atoms with E-state index in [1.165, 1.54) is 9.58 Å². The molecule has 92 valence electrons. The molecule has 1 amide bonds. The standard InChI is InChI=1S/C11H17N5O/c1-7(5-12)6-15(3)11(17)10-9(13)8(2)14-16(10)4/h7H,6,13H2,1-4H3. The third kappa shape index (κ3) is 2.56. The third-order valence-electron chi connectivity index (χ3n) is 2.59. The molecule has 1 aromatic heterocycles. The molecule has 0 saturated carbocycles. The quantitative estimate of drug-likeness (QED) is 0.828. The maximum atomic E-state index is 12.1. The molecule has 0 saturated heterocycles. The smallest absolute Gasteiger partial charge is 0.274 e. The second kappa shape index (κ2) is 4.87. The number of nitriles is 1. The molecule has 0 aromatic carbocycles. The molecule has 1 rings (SSSR count). The predicted octanol–water partition coefficient (Wildman–Crippen LogP) is 0.542. The van der Waals surface area contributed by atoms with Crippen LogP contribution >= 0.6 is 0 Å². The van der Waals surface area contributed by atoms with Crippen LogP contribution in [0.2, 0.25) is 0 Å². The average molecular weight is 235 g/mol. The fourth-order valence-corrected chi connectivity index (χ4v) is 1.64. The first kappa shape index (κ1) is 13.0. The average Bonchev–Trinajstić information content (AvgIpc) is 2.52. The summed E-state index contributed by atoms with van der Waals surface area (Å²) in [5.74, 6) is -0.424. The summed E-state index contributed by atoms with van der Waals surface area (Å²) in [5, 5.41) is 12.8. The molecular formula is C11H17N5O. The van der Waals surface area contributed by atoms with Crippen molar-refractivity contribution >= 4 is 11.6 Å². The van der Waals surface area contributed by atoms with Crippen LogP contribution in [0, 0.1) is 24.2 Å². The van der Waals surface area contributed by atoms with Crippen LogP contribution in [0.25, 0.3) is 0 Å². The van der Waals surface area contributed by atoms with Gasteiger partial charge in [-0.05, 0) is 13.8 Å². The van der Waals surface area contributed by atoms with E-state index < -0.39 is 0 Å². The van der Waals surface area contributed by atoms with E-state index >= 15 is 0 Å². The maximum Gasteiger partial charge on any atom is 0.274 e. The third-order valence-corrected chi connectivity index (χ3v) is 2.59. The summed E-state index contributed by atoms with van der Waals surface area (Å²) in [5.41, 5.74) is 7.21. The molecule has 1 heterocycles. The summed E-state index contributed by atoms with van der Waals surface area (Å²) >= 11 is 0. The molecule has 6 nitrogen and oxygen atoms in total. The van der Waals surface area contributed by atoms with Crippen molar-refractivity contribution in [3.63, 3.8) is 0 Å². The highest BCUT2D eigenvalue weighted by atomic mass is 16.2. The molecule has 1 unspecified atom stereocenters. The van der Waals surface area contributed by atoms with Gasteiger partial charge in [0.2, 0.25) is 0 Å². The van der Waals surface area contributed by atoms with Crippen molar-refractivity contribution in [2.24, 2.45) is 13.0 Å². The Bertz CT molecular complexity index is 471. The number of nitrogen functional groups attached to an aromatic ring is 1. The lowest BCUT2D eigenvalue weighted by Crippen LogP contribution is -2.32. The van der Waals surface area contributed by atoms with Crippen molar-refractivity contribution in [1.82, 2.24) is 14.7 Å². The molecule has 0 aliphatic rings. The molecular weight excluding hydrogens is 218 g/mol. The Morgan fingerprint density at radius 3 is 2.71 bits per heavy atom. The van der Waals surface area contributed by atoms with E-state index in [0.29, 0.717) is 23.6 Å². The molecule has 1 atom stereocenters. The fraction of sp³-hybridized carbons (Fsp3) is 0.545. The largest absolute Gasteiger partial charge is 0.395 e. The second-order valence-corrected chi connectivity index (χ2v) is 4.19. The number of hydrogen-bond acceptors (Lipinski definition) is 4. The van der Waals surface area contributed by atoms with Gasteiger partial charge < -0.3 is 10.6 Å². The van der Waals surface area contributed by atoms with Crippen LogP contribution in [-0.4, -0.2) is 34.2 Å². The van der Waals surface area contributed by atoms with Crippen molar-refractivity contribution in [2.45, 2.75) is 13.8 Å². The van der Waals surface area contributed by atoms with E-state index in [9.17, 15) is 4.79 Å². The zero-order valence-corrected chi connectivity index (χ0v) is 10.6. The lowest BCUT2D eigenvalue weighted by atomic mass is 10.2. The van der Waals surface area contributed by atoms with Crippen LogP contribution < -0.4 is 5.73 Å². The van der Waals surface area contributed by atoms with Gasteiger partial charge in [0.15, 0.2) is 0 Å². The number of nitrogens with zero attached hydrogens (tertiary/aromatic N) is 4. The van der Waals surface area contributed by atoms with Gasteiger partial charge in [-0.15, -0.1) is 0 Å². The van der Waals surface area contributed by atoms with Gasteiger partial charge in [-0.1, -0.05) is 0 Å². The lowest BCUT2D eigenvalue weighted by Gasteiger charge is -2.18. The van der Waals surface area contributed by atoms with Gasteiger partial charge in [0.1, 0.15) is 5.69 Å². The van der Waals surface area contributed by atoms with Gasteiger partial charge in [-0.2, -0.15) is 10.4 Å². The van der Waals surface area contributed by atoms with Crippen LogP contribution in [-0.2, 0) is 7.05 Å². The minimum Gasteiger partial charge on any atom is -0.395 e. The Balaban J connectivity index is 2.94. The highest BCUT2D eigenvalue weighted by Crippen LogP contribution is 2.17. The zero-order valence-electron chi connectivity index (χ0n) is 10.6. The normalized spacial score (nSPS) is 11.9. The summed E-state index contributed by atoms with van der Waals surface area (Å²) < 4.78 is 1.47. The van der Waals surface area contributed by atoms with Crippen LogP contribution in [0.1, 0.15) is 23.1 Å². The van der Waals surface area contributed by atoms with Gasteiger partial charge in [0.05, 0.1) is 23.4 Å². The zero-order chi connectivity index (χ0) is 13.2.